The molecule has 0 radical (unpaired) electrons. The first kappa shape index (κ1) is 18.7. The van der Waals surface area contributed by atoms with Crippen LogP contribution in [0.4, 0.5) is 5.69 Å². The molecule has 2 aromatic carbocycles. The van der Waals surface area contributed by atoms with Gasteiger partial charge in [0, 0.05) is 13.0 Å². The van der Waals surface area contributed by atoms with Gasteiger partial charge in [0.25, 0.3) is 0 Å². The molecular formula is C22H24N2O3. The van der Waals surface area contributed by atoms with Crippen LogP contribution in [0.1, 0.15) is 24.3 Å². The number of carbonyl (C=O) groups excluding carboxylic acids is 1. The van der Waals surface area contributed by atoms with E-state index in [4.69, 9.17) is 9.15 Å². The van der Waals surface area contributed by atoms with Crippen LogP contribution < -0.4 is 15.4 Å². The van der Waals surface area contributed by atoms with Gasteiger partial charge < -0.3 is 19.8 Å². The number of carbonyl (C=O) groups is 1. The van der Waals surface area contributed by atoms with E-state index in [0.29, 0.717) is 31.0 Å². The molecule has 1 atom stereocenters. The lowest BCUT2D eigenvalue weighted by Crippen LogP contribution is -2.34. The van der Waals surface area contributed by atoms with Crippen LogP contribution in [0.15, 0.2) is 77.4 Å². The molecule has 0 aliphatic heterocycles. The number of anilines is 1. The molecule has 0 aliphatic rings. The Morgan fingerprint density at radius 1 is 1.04 bits per heavy atom. The molecule has 5 nitrogen and oxygen atoms in total. The van der Waals surface area contributed by atoms with Gasteiger partial charge in [0.05, 0.1) is 18.6 Å². The molecule has 1 amide bonds. The van der Waals surface area contributed by atoms with Crippen LogP contribution in [0, 0.1) is 0 Å². The molecule has 140 valence electrons. The Bertz CT molecular complexity index is 832. The maximum atomic E-state index is 13.0. The molecule has 3 rings (SSSR count). The molecule has 5 heteroatoms. The summed E-state index contributed by atoms with van der Waals surface area (Å²) >= 11 is 0. The van der Waals surface area contributed by atoms with Crippen molar-refractivity contribution in [3.63, 3.8) is 0 Å². The Balaban J connectivity index is 1.72. The summed E-state index contributed by atoms with van der Waals surface area (Å²) in [5.41, 5.74) is 1.57. The van der Waals surface area contributed by atoms with Crippen LogP contribution >= 0.6 is 0 Å². The van der Waals surface area contributed by atoms with Crippen molar-refractivity contribution in [2.45, 2.75) is 19.4 Å². The number of ether oxygens (including phenoxy) is 1. The Kier molecular flexibility index (Phi) is 6.66. The van der Waals surface area contributed by atoms with E-state index in [-0.39, 0.29) is 5.91 Å². The quantitative estimate of drug-likeness (QED) is 0.598. The normalized spacial score (nSPS) is 11.7. The van der Waals surface area contributed by atoms with Crippen molar-refractivity contribution < 1.29 is 13.9 Å². The SMILES string of the molecule is CCOc1ccccc1NC(=O)[C@@H](NCCc1ccco1)c1ccccc1. The van der Waals surface area contributed by atoms with Crippen molar-refractivity contribution in [2.75, 3.05) is 18.5 Å². The summed E-state index contributed by atoms with van der Waals surface area (Å²) in [5.74, 6) is 1.42. The molecule has 0 bridgehead atoms. The third-order valence-electron chi connectivity index (χ3n) is 4.14. The van der Waals surface area contributed by atoms with E-state index in [2.05, 4.69) is 10.6 Å². The molecule has 0 fully saturated rings. The standard InChI is InChI=1S/C22H24N2O3/c1-2-26-20-13-7-6-12-19(20)24-22(25)21(17-9-4-3-5-10-17)23-15-14-18-11-8-16-27-18/h3-13,16,21,23H,2,14-15H2,1H3,(H,24,25)/t21-/m0/s1. The summed E-state index contributed by atoms with van der Waals surface area (Å²) in [6.07, 6.45) is 2.36. The lowest BCUT2D eigenvalue weighted by molar-refractivity contribution is -0.118. The maximum absolute atomic E-state index is 13.0. The Hall–Kier alpha value is -3.05. The summed E-state index contributed by atoms with van der Waals surface area (Å²) in [5, 5.41) is 6.32. The fourth-order valence-electron chi connectivity index (χ4n) is 2.86. The second-order valence-electron chi connectivity index (χ2n) is 6.05. The second kappa shape index (κ2) is 9.59. The van der Waals surface area contributed by atoms with Crippen molar-refractivity contribution in [1.29, 1.82) is 0 Å². The molecule has 0 saturated carbocycles. The van der Waals surface area contributed by atoms with Gasteiger partial charge in [-0.2, -0.15) is 0 Å². The fourth-order valence-corrected chi connectivity index (χ4v) is 2.86. The Morgan fingerprint density at radius 2 is 1.81 bits per heavy atom. The highest BCUT2D eigenvalue weighted by molar-refractivity contribution is 5.96. The van der Waals surface area contributed by atoms with E-state index in [9.17, 15) is 4.79 Å². The number of hydrogen-bond donors (Lipinski definition) is 2. The van der Waals surface area contributed by atoms with Gasteiger partial charge in [0.2, 0.25) is 5.91 Å². The second-order valence-corrected chi connectivity index (χ2v) is 6.05. The van der Waals surface area contributed by atoms with E-state index in [1.54, 1.807) is 6.26 Å². The van der Waals surface area contributed by atoms with E-state index in [0.717, 1.165) is 11.3 Å². The Labute approximate surface area is 159 Å². The predicted octanol–water partition coefficient (Wildman–Crippen LogP) is 4.19. The zero-order valence-corrected chi connectivity index (χ0v) is 15.4. The van der Waals surface area contributed by atoms with Crippen LogP contribution in [0.3, 0.4) is 0 Å². The van der Waals surface area contributed by atoms with E-state index < -0.39 is 6.04 Å². The predicted molar refractivity (Wildman–Crippen MR) is 106 cm³/mol. The summed E-state index contributed by atoms with van der Waals surface area (Å²) in [7, 11) is 0. The first-order chi connectivity index (χ1) is 13.3. The maximum Gasteiger partial charge on any atom is 0.246 e. The smallest absolute Gasteiger partial charge is 0.246 e. The largest absolute Gasteiger partial charge is 0.492 e. The first-order valence-corrected chi connectivity index (χ1v) is 9.11. The van der Waals surface area contributed by atoms with Crippen molar-refractivity contribution in [3.8, 4) is 5.75 Å². The van der Waals surface area contributed by atoms with Crippen LogP contribution in [0.5, 0.6) is 5.75 Å². The molecule has 0 aliphatic carbocycles. The molecule has 2 N–H and O–H groups in total. The molecule has 1 heterocycles. The minimum absolute atomic E-state index is 0.132. The fraction of sp³-hybridized carbons (Fsp3) is 0.227. The van der Waals surface area contributed by atoms with Crippen molar-refractivity contribution in [1.82, 2.24) is 5.32 Å². The van der Waals surface area contributed by atoms with Crippen LogP contribution in [0.25, 0.3) is 0 Å². The zero-order valence-electron chi connectivity index (χ0n) is 15.4. The van der Waals surface area contributed by atoms with E-state index in [1.165, 1.54) is 0 Å². The highest BCUT2D eigenvalue weighted by atomic mass is 16.5. The number of amides is 1. The lowest BCUT2D eigenvalue weighted by atomic mass is 10.1. The van der Waals surface area contributed by atoms with Gasteiger partial charge in [-0.1, -0.05) is 42.5 Å². The van der Waals surface area contributed by atoms with Crippen LogP contribution in [0.2, 0.25) is 0 Å². The molecule has 0 saturated heterocycles. The van der Waals surface area contributed by atoms with Gasteiger partial charge in [-0.15, -0.1) is 0 Å². The number of para-hydroxylation sites is 2. The Morgan fingerprint density at radius 3 is 2.56 bits per heavy atom. The topological polar surface area (TPSA) is 63.5 Å². The summed E-state index contributed by atoms with van der Waals surface area (Å²) < 4.78 is 11.0. The monoisotopic (exact) mass is 364 g/mol. The highest BCUT2D eigenvalue weighted by Crippen LogP contribution is 2.25. The minimum Gasteiger partial charge on any atom is -0.492 e. The molecular weight excluding hydrogens is 340 g/mol. The lowest BCUT2D eigenvalue weighted by Gasteiger charge is -2.20. The average molecular weight is 364 g/mol. The van der Waals surface area contributed by atoms with Gasteiger partial charge in [-0.25, -0.2) is 0 Å². The first-order valence-electron chi connectivity index (χ1n) is 9.11. The zero-order chi connectivity index (χ0) is 18.9. The average Bonchev–Trinajstić information content (AvgIpc) is 3.21. The third-order valence-corrected chi connectivity index (χ3v) is 4.14. The molecule has 0 spiro atoms. The highest BCUT2D eigenvalue weighted by Gasteiger charge is 2.21. The van der Waals surface area contributed by atoms with Crippen LogP contribution in [-0.4, -0.2) is 19.1 Å². The van der Waals surface area contributed by atoms with Gasteiger partial charge in [0.1, 0.15) is 17.6 Å². The number of nitrogens with one attached hydrogen (secondary N) is 2. The number of hydrogen-bond acceptors (Lipinski definition) is 4. The van der Waals surface area contributed by atoms with Crippen molar-refractivity contribution in [3.05, 3.63) is 84.3 Å². The number of benzene rings is 2. The van der Waals surface area contributed by atoms with Gasteiger partial charge >= 0.3 is 0 Å². The number of furan rings is 1. The molecule has 0 unspecified atom stereocenters. The van der Waals surface area contributed by atoms with Gasteiger partial charge in [-0.3, -0.25) is 4.79 Å². The number of rotatable bonds is 9. The van der Waals surface area contributed by atoms with Crippen LogP contribution in [-0.2, 0) is 11.2 Å². The molecule has 3 aromatic rings. The van der Waals surface area contributed by atoms with Crippen molar-refractivity contribution in [2.24, 2.45) is 0 Å². The minimum atomic E-state index is -0.476. The summed E-state index contributed by atoms with van der Waals surface area (Å²) in [4.78, 5) is 13.0. The summed E-state index contributed by atoms with van der Waals surface area (Å²) in [6, 6.07) is 20.4. The van der Waals surface area contributed by atoms with Gasteiger partial charge in [-0.05, 0) is 36.8 Å². The van der Waals surface area contributed by atoms with E-state index in [1.807, 2.05) is 73.7 Å². The van der Waals surface area contributed by atoms with E-state index >= 15 is 0 Å². The third kappa shape index (κ3) is 5.21. The summed E-state index contributed by atoms with van der Waals surface area (Å²) in [6.45, 7) is 3.07. The van der Waals surface area contributed by atoms with Crippen molar-refractivity contribution >= 4 is 11.6 Å². The molecule has 1 aromatic heterocycles. The van der Waals surface area contributed by atoms with Gasteiger partial charge in [0.15, 0.2) is 0 Å². The molecule has 27 heavy (non-hydrogen) atoms.